The molecule has 4 heteroatoms. The Balaban J connectivity index is 2.77. The van der Waals surface area contributed by atoms with Crippen LogP contribution >= 0.6 is 0 Å². The van der Waals surface area contributed by atoms with Gasteiger partial charge in [0.15, 0.2) is 0 Å². The predicted octanol–water partition coefficient (Wildman–Crippen LogP) is 2.25. The summed E-state index contributed by atoms with van der Waals surface area (Å²) in [5.74, 6) is -1.11. The Labute approximate surface area is 114 Å². The summed E-state index contributed by atoms with van der Waals surface area (Å²) in [7, 11) is 0. The fourth-order valence-electron chi connectivity index (χ4n) is 1.89. The molecule has 0 saturated carbocycles. The summed E-state index contributed by atoms with van der Waals surface area (Å²) in [5, 5.41) is 9.04. The number of carbonyl (C=O) groups is 2. The molecule has 1 atom stereocenters. The van der Waals surface area contributed by atoms with Gasteiger partial charge in [0.25, 0.3) is 0 Å². The Morgan fingerprint density at radius 1 is 1.26 bits per heavy atom. The molecule has 0 aliphatic carbocycles. The third kappa shape index (κ3) is 4.39. The Morgan fingerprint density at radius 2 is 1.84 bits per heavy atom. The van der Waals surface area contributed by atoms with E-state index >= 15 is 0 Å². The minimum absolute atomic E-state index is 0.138. The van der Waals surface area contributed by atoms with Crippen molar-refractivity contribution in [1.29, 1.82) is 0 Å². The van der Waals surface area contributed by atoms with Gasteiger partial charge in [0.1, 0.15) is 6.04 Å². The first-order chi connectivity index (χ1) is 8.95. The molecule has 0 unspecified atom stereocenters. The van der Waals surface area contributed by atoms with Crippen LogP contribution in [0.3, 0.4) is 0 Å². The molecule has 0 aromatic heterocycles. The van der Waals surface area contributed by atoms with Crippen molar-refractivity contribution < 1.29 is 14.7 Å². The first-order valence-electron chi connectivity index (χ1n) is 6.53. The molecule has 0 aliphatic rings. The summed E-state index contributed by atoms with van der Waals surface area (Å²) in [5.41, 5.74) is 2.05. The van der Waals surface area contributed by atoms with Crippen molar-refractivity contribution in [2.24, 2.45) is 0 Å². The summed E-state index contributed by atoms with van der Waals surface area (Å²) in [6.45, 7) is 5.94. The van der Waals surface area contributed by atoms with E-state index in [0.29, 0.717) is 6.54 Å². The van der Waals surface area contributed by atoms with Gasteiger partial charge in [0, 0.05) is 6.54 Å². The molecule has 0 radical (unpaired) electrons. The number of hydrogen-bond donors (Lipinski definition) is 1. The van der Waals surface area contributed by atoms with Gasteiger partial charge < -0.3 is 10.0 Å². The van der Waals surface area contributed by atoms with E-state index in [9.17, 15) is 9.59 Å². The molecule has 4 nitrogen and oxygen atoms in total. The van der Waals surface area contributed by atoms with Crippen molar-refractivity contribution in [3.05, 3.63) is 35.4 Å². The van der Waals surface area contributed by atoms with E-state index in [2.05, 4.69) is 0 Å². The van der Waals surface area contributed by atoms with Gasteiger partial charge in [0.05, 0.1) is 6.42 Å². The van der Waals surface area contributed by atoms with Crippen LogP contribution in [0.5, 0.6) is 0 Å². The van der Waals surface area contributed by atoms with Crippen molar-refractivity contribution in [2.45, 2.75) is 39.7 Å². The Bertz CT molecular complexity index is 439. The van der Waals surface area contributed by atoms with E-state index in [1.807, 2.05) is 38.1 Å². The van der Waals surface area contributed by atoms with E-state index in [1.54, 1.807) is 6.92 Å². The standard InChI is InChI=1S/C15H21NO3/c1-4-9-16(12(3)15(18)19)14(17)10-13-7-5-11(2)6-8-13/h5-8,12H,4,9-10H2,1-3H3,(H,18,19)/t12-/m1/s1. The molecule has 0 fully saturated rings. The molecule has 1 aromatic rings. The molecular formula is C15H21NO3. The van der Waals surface area contributed by atoms with E-state index in [0.717, 1.165) is 17.5 Å². The fourth-order valence-corrected chi connectivity index (χ4v) is 1.89. The smallest absolute Gasteiger partial charge is 0.326 e. The first kappa shape index (κ1) is 15.2. The lowest BCUT2D eigenvalue weighted by atomic mass is 10.1. The summed E-state index contributed by atoms with van der Waals surface area (Å²) >= 11 is 0. The normalized spacial score (nSPS) is 11.9. The van der Waals surface area contributed by atoms with Crippen LogP contribution in [-0.2, 0) is 16.0 Å². The molecule has 1 amide bonds. The Kier molecular flexibility index (Phi) is 5.55. The highest BCUT2D eigenvalue weighted by atomic mass is 16.4. The third-order valence-corrected chi connectivity index (χ3v) is 3.09. The van der Waals surface area contributed by atoms with Crippen LogP contribution in [0, 0.1) is 6.92 Å². The lowest BCUT2D eigenvalue weighted by molar-refractivity contribution is -0.149. The lowest BCUT2D eigenvalue weighted by Crippen LogP contribution is -2.44. The van der Waals surface area contributed by atoms with Crippen molar-refractivity contribution in [3.8, 4) is 0 Å². The second kappa shape index (κ2) is 6.92. The maximum Gasteiger partial charge on any atom is 0.326 e. The van der Waals surface area contributed by atoms with Crippen LogP contribution in [0.25, 0.3) is 0 Å². The third-order valence-electron chi connectivity index (χ3n) is 3.09. The van der Waals surface area contributed by atoms with Gasteiger partial charge in [-0.3, -0.25) is 4.79 Å². The van der Waals surface area contributed by atoms with Gasteiger partial charge in [-0.1, -0.05) is 36.8 Å². The van der Waals surface area contributed by atoms with Crippen LogP contribution in [0.15, 0.2) is 24.3 Å². The number of nitrogens with zero attached hydrogens (tertiary/aromatic N) is 1. The van der Waals surface area contributed by atoms with E-state index < -0.39 is 12.0 Å². The minimum atomic E-state index is -0.967. The average Bonchev–Trinajstić information content (AvgIpc) is 2.37. The van der Waals surface area contributed by atoms with Crippen LogP contribution in [0.4, 0.5) is 0 Å². The van der Waals surface area contributed by atoms with Crippen LogP contribution in [-0.4, -0.2) is 34.5 Å². The number of carboxylic acids is 1. The molecule has 0 bridgehead atoms. The molecule has 0 saturated heterocycles. The Morgan fingerprint density at radius 3 is 2.32 bits per heavy atom. The fraction of sp³-hybridized carbons (Fsp3) is 0.467. The van der Waals surface area contributed by atoms with Gasteiger partial charge in [-0.25, -0.2) is 4.79 Å². The zero-order chi connectivity index (χ0) is 14.4. The van der Waals surface area contributed by atoms with Gasteiger partial charge in [-0.2, -0.15) is 0 Å². The summed E-state index contributed by atoms with van der Waals surface area (Å²) in [6.07, 6.45) is 0.995. The number of carbonyl (C=O) groups excluding carboxylic acids is 1. The minimum Gasteiger partial charge on any atom is -0.480 e. The quantitative estimate of drug-likeness (QED) is 0.856. The lowest BCUT2D eigenvalue weighted by Gasteiger charge is -2.26. The molecule has 0 aliphatic heterocycles. The summed E-state index contributed by atoms with van der Waals surface area (Å²) < 4.78 is 0. The topological polar surface area (TPSA) is 57.6 Å². The van der Waals surface area contributed by atoms with Crippen molar-refractivity contribution in [1.82, 2.24) is 4.90 Å². The maximum absolute atomic E-state index is 12.2. The second-order valence-electron chi connectivity index (χ2n) is 4.76. The molecule has 1 rings (SSSR count). The molecule has 19 heavy (non-hydrogen) atoms. The van der Waals surface area contributed by atoms with Crippen LogP contribution < -0.4 is 0 Å². The number of carboxylic acid groups (broad SMARTS) is 1. The highest BCUT2D eigenvalue weighted by Crippen LogP contribution is 2.09. The summed E-state index contributed by atoms with van der Waals surface area (Å²) in [6, 6.07) is 6.93. The zero-order valence-electron chi connectivity index (χ0n) is 11.7. The number of aliphatic carboxylic acids is 1. The number of amides is 1. The van der Waals surface area contributed by atoms with Gasteiger partial charge in [0.2, 0.25) is 5.91 Å². The largest absolute Gasteiger partial charge is 0.480 e. The highest BCUT2D eigenvalue weighted by Gasteiger charge is 2.24. The molecule has 1 N–H and O–H groups in total. The van der Waals surface area contributed by atoms with E-state index in [1.165, 1.54) is 4.90 Å². The second-order valence-corrected chi connectivity index (χ2v) is 4.76. The van der Waals surface area contributed by atoms with Gasteiger partial charge in [-0.15, -0.1) is 0 Å². The van der Waals surface area contributed by atoms with E-state index in [-0.39, 0.29) is 12.3 Å². The highest BCUT2D eigenvalue weighted by molar-refractivity contribution is 5.84. The molecule has 1 aromatic carbocycles. The zero-order valence-corrected chi connectivity index (χ0v) is 11.7. The molecule has 0 heterocycles. The van der Waals surface area contributed by atoms with Crippen molar-refractivity contribution >= 4 is 11.9 Å². The molecule has 104 valence electrons. The van der Waals surface area contributed by atoms with Crippen LogP contribution in [0.2, 0.25) is 0 Å². The predicted molar refractivity (Wildman–Crippen MR) is 74.0 cm³/mol. The van der Waals surface area contributed by atoms with Gasteiger partial charge >= 0.3 is 5.97 Å². The number of aryl methyl sites for hydroxylation is 1. The molecular weight excluding hydrogens is 242 g/mol. The van der Waals surface area contributed by atoms with E-state index in [4.69, 9.17) is 5.11 Å². The monoisotopic (exact) mass is 263 g/mol. The number of benzene rings is 1. The first-order valence-corrected chi connectivity index (χ1v) is 6.53. The van der Waals surface area contributed by atoms with Crippen molar-refractivity contribution in [3.63, 3.8) is 0 Å². The summed E-state index contributed by atoms with van der Waals surface area (Å²) in [4.78, 5) is 24.7. The number of rotatable bonds is 6. The molecule has 0 spiro atoms. The van der Waals surface area contributed by atoms with Gasteiger partial charge in [-0.05, 0) is 25.8 Å². The average molecular weight is 263 g/mol. The van der Waals surface area contributed by atoms with Crippen molar-refractivity contribution in [2.75, 3.05) is 6.54 Å². The SMILES string of the molecule is CCCN(C(=O)Cc1ccc(C)cc1)[C@H](C)C(=O)O. The van der Waals surface area contributed by atoms with Crippen LogP contribution in [0.1, 0.15) is 31.4 Å². The Hall–Kier alpha value is -1.84. The maximum atomic E-state index is 12.2. The number of hydrogen-bond acceptors (Lipinski definition) is 2.